The summed E-state index contributed by atoms with van der Waals surface area (Å²) >= 11 is 1.35. The Morgan fingerprint density at radius 2 is 1.80 bits per heavy atom. The van der Waals surface area contributed by atoms with Crippen molar-refractivity contribution in [3.05, 3.63) is 57.8 Å². The van der Waals surface area contributed by atoms with Gasteiger partial charge in [0.05, 0.1) is 6.54 Å². The fourth-order valence-electron chi connectivity index (χ4n) is 2.04. The monoisotopic (exact) mass is 361 g/mol. The van der Waals surface area contributed by atoms with Crippen LogP contribution in [-0.2, 0) is 27.4 Å². The van der Waals surface area contributed by atoms with E-state index in [4.69, 9.17) is 9.47 Å². The summed E-state index contributed by atoms with van der Waals surface area (Å²) in [5.74, 6) is -0.640. The van der Waals surface area contributed by atoms with Crippen LogP contribution in [0.5, 0.6) is 0 Å². The predicted molar refractivity (Wildman–Crippen MR) is 97.4 cm³/mol. The van der Waals surface area contributed by atoms with Gasteiger partial charge in [0.1, 0.15) is 17.1 Å². The minimum atomic E-state index is -0.489. The summed E-state index contributed by atoms with van der Waals surface area (Å²) in [6.07, 6.45) is 0. The second-order valence-corrected chi connectivity index (χ2v) is 7.69. The molecule has 0 unspecified atom stereocenters. The van der Waals surface area contributed by atoms with E-state index in [-0.39, 0.29) is 25.1 Å². The lowest BCUT2D eigenvalue weighted by molar-refractivity contribution is -0.153. The topological polar surface area (TPSA) is 64.6 Å². The van der Waals surface area contributed by atoms with Gasteiger partial charge < -0.3 is 14.8 Å². The van der Waals surface area contributed by atoms with Gasteiger partial charge in [0.2, 0.25) is 0 Å². The molecule has 1 aromatic carbocycles. The fraction of sp³-hybridized carbons (Fsp3) is 0.368. The number of carbonyl (C=O) groups is 2. The molecule has 0 radical (unpaired) electrons. The van der Waals surface area contributed by atoms with Crippen LogP contribution in [0.15, 0.2) is 42.5 Å². The zero-order valence-electron chi connectivity index (χ0n) is 14.7. The molecule has 0 atom stereocenters. The van der Waals surface area contributed by atoms with Crippen molar-refractivity contribution in [2.75, 3.05) is 6.54 Å². The molecule has 0 amide bonds. The van der Waals surface area contributed by atoms with Crippen LogP contribution in [0.3, 0.4) is 0 Å². The lowest BCUT2D eigenvalue weighted by Crippen LogP contribution is -2.31. The number of thiophene rings is 1. The van der Waals surface area contributed by atoms with Crippen molar-refractivity contribution in [3.8, 4) is 0 Å². The molecule has 1 heterocycles. The molecule has 5 nitrogen and oxygen atoms in total. The van der Waals surface area contributed by atoms with E-state index < -0.39 is 5.60 Å². The summed E-state index contributed by atoms with van der Waals surface area (Å²) in [6, 6.07) is 13.1. The number of rotatable bonds is 7. The Morgan fingerprint density at radius 3 is 2.48 bits per heavy atom. The largest absolute Gasteiger partial charge is 0.459 e. The highest BCUT2D eigenvalue weighted by Crippen LogP contribution is 2.18. The third kappa shape index (κ3) is 7.07. The van der Waals surface area contributed by atoms with Gasteiger partial charge in [0.15, 0.2) is 0 Å². The van der Waals surface area contributed by atoms with Crippen molar-refractivity contribution in [1.82, 2.24) is 5.32 Å². The van der Waals surface area contributed by atoms with E-state index in [1.807, 2.05) is 57.2 Å². The zero-order chi connectivity index (χ0) is 18.3. The Morgan fingerprint density at radius 1 is 1.08 bits per heavy atom. The number of nitrogens with one attached hydrogen (secondary N) is 1. The molecule has 0 spiro atoms. The molecule has 0 saturated heterocycles. The second kappa shape index (κ2) is 8.78. The maximum absolute atomic E-state index is 12.1. The van der Waals surface area contributed by atoms with Gasteiger partial charge in [0, 0.05) is 11.4 Å². The van der Waals surface area contributed by atoms with E-state index in [0.717, 1.165) is 10.4 Å². The van der Waals surface area contributed by atoms with Crippen LogP contribution in [0, 0.1) is 0 Å². The van der Waals surface area contributed by atoms with E-state index in [0.29, 0.717) is 11.4 Å². The van der Waals surface area contributed by atoms with Crippen LogP contribution < -0.4 is 5.32 Å². The van der Waals surface area contributed by atoms with Crippen molar-refractivity contribution in [3.63, 3.8) is 0 Å². The molecule has 0 bridgehead atoms. The van der Waals surface area contributed by atoms with Crippen LogP contribution in [0.25, 0.3) is 0 Å². The Kier molecular flexibility index (Phi) is 6.73. The van der Waals surface area contributed by atoms with E-state index in [1.165, 1.54) is 11.3 Å². The fourth-order valence-corrected chi connectivity index (χ4v) is 2.91. The molecule has 134 valence electrons. The minimum absolute atomic E-state index is 0.128. The Hall–Kier alpha value is -2.18. The highest BCUT2D eigenvalue weighted by atomic mass is 32.1. The molecule has 1 N–H and O–H groups in total. The van der Waals surface area contributed by atoms with E-state index >= 15 is 0 Å². The first-order chi connectivity index (χ1) is 11.8. The van der Waals surface area contributed by atoms with Crippen molar-refractivity contribution < 1.29 is 19.1 Å². The summed E-state index contributed by atoms with van der Waals surface area (Å²) in [7, 11) is 0. The first-order valence-electron chi connectivity index (χ1n) is 8.06. The molecular weight excluding hydrogens is 338 g/mol. The maximum Gasteiger partial charge on any atom is 0.348 e. The summed E-state index contributed by atoms with van der Waals surface area (Å²) in [6.45, 7) is 6.37. The molecule has 0 fully saturated rings. The number of esters is 2. The normalized spacial score (nSPS) is 11.2. The molecule has 2 rings (SSSR count). The predicted octanol–water partition coefficient (Wildman–Crippen LogP) is 3.54. The average molecular weight is 361 g/mol. The quantitative estimate of drug-likeness (QED) is 0.764. The lowest BCUT2D eigenvalue weighted by atomic mass is 10.2. The second-order valence-electron chi connectivity index (χ2n) is 6.52. The van der Waals surface area contributed by atoms with Gasteiger partial charge in [-0.3, -0.25) is 4.79 Å². The molecule has 0 aliphatic heterocycles. The molecule has 25 heavy (non-hydrogen) atoms. The van der Waals surface area contributed by atoms with Crippen LogP contribution in [0.2, 0.25) is 0 Å². The summed E-state index contributed by atoms with van der Waals surface area (Å²) < 4.78 is 10.5. The highest BCUT2D eigenvalue weighted by molar-refractivity contribution is 7.13. The Bertz CT molecular complexity index is 704. The average Bonchev–Trinajstić information content (AvgIpc) is 3.01. The molecular formula is C19H23NO4S. The van der Waals surface area contributed by atoms with Gasteiger partial charge >= 0.3 is 11.9 Å². The van der Waals surface area contributed by atoms with Gasteiger partial charge in [-0.25, -0.2) is 4.79 Å². The van der Waals surface area contributed by atoms with Gasteiger partial charge in [-0.15, -0.1) is 11.3 Å². The van der Waals surface area contributed by atoms with E-state index in [2.05, 4.69) is 5.32 Å². The van der Waals surface area contributed by atoms with Gasteiger partial charge in [-0.1, -0.05) is 30.3 Å². The molecule has 1 aromatic heterocycles. The number of carbonyl (C=O) groups excluding carboxylic acids is 2. The van der Waals surface area contributed by atoms with Crippen molar-refractivity contribution in [2.45, 2.75) is 39.5 Å². The zero-order valence-corrected chi connectivity index (χ0v) is 15.5. The van der Waals surface area contributed by atoms with Gasteiger partial charge in [0.25, 0.3) is 0 Å². The van der Waals surface area contributed by atoms with E-state index in [1.54, 1.807) is 6.07 Å². The van der Waals surface area contributed by atoms with Crippen LogP contribution in [0.4, 0.5) is 0 Å². The third-order valence-electron chi connectivity index (χ3n) is 3.06. The van der Waals surface area contributed by atoms with Gasteiger partial charge in [-0.05, 0) is 38.5 Å². The Balaban J connectivity index is 1.75. The first kappa shape index (κ1) is 19.1. The first-order valence-corrected chi connectivity index (χ1v) is 8.87. The lowest BCUT2D eigenvalue weighted by Gasteiger charge is -2.19. The molecule has 6 heteroatoms. The standard InChI is InChI=1S/C19H23NO4S/c1-19(2,3)24-17(21)12-20-11-15-9-10-16(25-15)18(22)23-13-14-7-5-4-6-8-14/h4-10,20H,11-13H2,1-3H3. The molecule has 2 aromatic rings. The maximum atomic E-state index is 12.1. The van der Waals surface area contributed by atoms with Crippen LogP contribution in [-0.4, -0.2) is 24.1 Å². The summed E-state index contributed by atoms with van der Waals surface area (Å²) in [4.78, 5) is 25.2. The van der Waals surface area contributed by atoms with Crippen molar-refractivity contribution in [1.29, 1.82) is 0 Å². The molecule has 0 aliphatic rings. The van der Waals surface area contributed by atoms with Gasteiger partial charge in [-0.2, -0.15) is 0 Å². The van der Waals surface area contributed by atoms with Crippen molar-refractivity contribution >= 4 is 23.3 Å². The number of benzene rings is 1. The smallest absolute Gasteiger partial charge is 0.348 e. The van der Waals surface area contributed by atoms with E-state index in [9.17, 15) is 9.59 Å². The minimum Gasteiger partial charge on any atom is -0.459 e. The third-order valence-corrected chi connectivity index (χ3v) is 4.13. The molecule has 0 saturated carbocycles. The number of hydrogen-bond donors (Lipinski definition) is 1. The Labute approximate surface area is 152 Å². The summed E-state index contributed by atoms with van der Waals surface area (Å²) in [5.41, 5.74) is 0.462. The number of hydrogen-bond acceptors (Lipinski definition) is 6. The molecule has 0 aliphatic carbocycles. The van der Waals surface area contributed by atoms with Crippen LogP contribution >= 0.6 is 11.3 Å². The highest BCUT2D eigenvalue weighted by Gasteiger charge is 2.16. The SMILES string of the molecule is CC(C)(C)OC(=O)CNCc1ccc(C(=O)OCc2ccccc2)s1. The summed E-state index contributed by atoms with van der Waals surface area (Å²) in [5, 5.41) is 3.02. The van der Waals surface area contributed by atoms with Crippen molar-refractivity contribution in [2.24, 2.45) is 0 Å². The van der Waals surface area contributed by atoms with Crippen LogP contribution in [0.1, 0.15) is 40.9 Å². The number of ether oxygens (including phenoxy) is 2.